The van der Waals surface area contributed by atoms with Crippen molar-refractivity contribution in [2.45, 2.75) is 0 Å². The van der Waals surface area contributed by atoms with Crippen LogP contribution in [-0.4, -0.2) is 9.91 Å². The summed E-state index contributed by atoms with van der Waals surface area (Å²) in [7, 11) is 0. The van der Waals surface area contributed by atoms with Crippen molar-refractivity contribution >= 4 is 40.4 Å². The summed E-state index contributed by atoms with van der Waals surface area (Å²) >= 11 is 12.4. The van der Waals surface area contributed by atoms with Crippen LogP contribution in [-0.2, 0) is 0 Å². The minimum Gasteiger partial charge on any atom is -0.398 e. The number of hydrogen-bond acceptors (Lipinski definition) is 5. The quantitative estimate of drug-likeness (QED) is 0.505. The molecule has 0 spiro atoms. The van der Waals surface area contributed by atoms with Crippen LogP contribution in [0.15, 0.2) is 48.7 Å². The van der Waals surface area contributed by atoms with Crippen molar-refractivity contribution in [1.82, 2.24) is 4.98 Å². The zero-order valence-corrected chi connectivity index (χ0v) is 14.3. The maximum atomic E-state index is 11.2. The molecule has 2 aromatic carbocycles. The van der Waals surface area contributed by atoms with Crippen LogP contribution < -0.4 is 11.5 Å². The summed E-state index contributed by atoms with van der Waals surface area (Å²) in [6.45, 7) is 0. The van der Waals surface area contributed by atoms with E-state index in [-0.39, 0.29) is 11.5 Å². The number of halogens is 2. The molecule has 126 valence electrons. The van der Waals surface area contributed by atoms with E-state index in [2.05, 4.69) is 4.98 Å². The predicted octanol–water partition coefficient (Wildman–Crippen LogP) is 4.80. The third-order valence-electron chi connectivity index (χ3n) is 3.70. The number of nitrogens with zero attached hydrogens (tertiary/aromatic N) is 2. The predicted molar refractivity (Wildman–Crippen MR) is 101 cm³/mol. The lowest BCUT2D eigenvalue weighted by molar-refractivity contribution is -0.384. The van der Waals surface area contributed by atoms with Crippen LogP contribution >= 0.6 is 23.2 Å². The summed E-state index contributed by atoms with van der Waals surface area (Å²) in [4.78, 5) is 14.8. The van der Waals surface area contributed by atoms with Crippen molar-refractivity contribution in [3.63, 3.8) is 0 Å². The van der Waals surface area contributed by atoms with Crippen LogP contribution in [0.1, 0.15) is 0 Å². The van der Waals surface area contributed by atoms with E-state index in [0.29, 0.717) is 38.0 Å². The maximum Gasteiger partial charge on any atom is 0.270 e. The van der Waals surface area contributed by atoms with Gasteiger partial charge in [0.05, 0.1) is 15.0 Å². The number of nitro benzene ring substituents is 1. The Hall–Kier alpha value is -2.83. The molecule has 0 bridgehead atoms. The Kier molecular flexibility index (Phi) is 4.48. The minimum atomic E-state index is -0.476. The first-order valence-corrected chi connectivity index (χ1v) is 7.88. The van der Waals surface area contributed by atoms with Gasteiger partial charge >= 0.3 is 0 Å². The highest BCUT2D eigenvalue weighted by Gasteiger charge is 2.18. The third kappa shape index (κ3) is 3.22. The van der Waals surface area contributed by atoms with E-state index in [1.165, 1.54) is 24.4 Å². The van der Waals surface area contributed by atoms with E-state index in [1.54, 1.807) is 24.3 Å². The fourth-order valence-corrected chi connectivity index (χ4v) is 2.93. The van der Waals surface area contributed by atoms with Gasteiger partial charge in [-0.1, -0.05) is 35.3 Å². The molecular weight excluding hydrogens is 363 g/mol. The first kappa shape index (κ1) is 17.0. The van der Waals surface area contributed by atoms with Gasteiger partial charge in [-0.3, -0.25) is 10.1 Å². The molecule has 6 nitrogen and oxygen atoms in total. The number of nitrogen functional groups attached to an aromatic ring is 2. The van der Waals surface area contributed by atoms with Gasteiger partial charge in [0.15, 0.2) is 0 Å². The van der Waals surface area contributed by atoms with E-state index >= 15 is 0 Å². The molecule has 0 atom stereocenters. The van der Waals surface area contributed by atoms with Crippen molar-refractivity contribution in [1.29, 1.82) is 0 Å². The Balaban J connectivity index is 2.33. The number of nitro groups is 1. The summed E-state index contributed by atoms with van der Waals surface area (Å²) < 4.78 is 0. The van der Waals surface area contributed by atoms with Gasteiger partial charge in [-0.05, 0) is 23.3 Å². The topological polar surface area (TPSA) is 108 Å². The molecular formula is C17H12Cl2N4O2. The SMILES string of the molecule is Nc1cc(N)c(-c2ccc([N+](=O)[O-])cc2-c2cccc(Cl)c2Cl)cn1. The standard InChI is InChI=1S/C17H12Cl2N4O2/c18-14-3-1-2-11(17(14)19)12-6-9(23(24)25)4-5-10(12)13-8-22-16(21)7-15(13)20/h1-8H,(H4,20,21,22). The summed E-state index contributed by atoms with van der Waals surface area (Å²) in [5.41, 5.74) is 14.3. The molecule has 0 fully saturated rings. The molecule has 3 rings (SSSR count). The number of non-ortho nitro benzene ring substituents is 1. The second-order valence-electron chi connectivity index (χ2n) is 5.28. The number of rotatable bonds is 3. The molecule has 1 aromatic heterocycles. The molecule has 1 heterocycles. The fourth-order valence-electron chi connectivity index (χ4n) is 2.53. The second-order valence-corrected chi connectivity index (χ2v) is 6.07. The highest BCUT2D eigenvalue weighted by molar-refractivity contribution is 6.43. The maximum absolute atomic E-state index is 11.2. The molecule has 0 unspecified atom stereocenters. The lowest BCUT2D eigenvalue weighted by Gasteiger charge is -2.14. The van der Waals surface area contributed by atoms with Crippen LogP contribution in [0, 0.1) is 10.1 Å². The normalized spacial score (nSPS) is 10.6. The second kappa shape index (κ2) is 6.58. The molecule has 8 heteroatoms. The Labute approximate surface area is 153 Å². The van der Waals surface area contributed by atoms with Gasteiger partial charge in [0.1, 0.15) is 5.82 Å². The first-order chi connectivity index (χ1) is 11.9. The molecule has 0 aliphatic heterocycles. The Morgan fingerprint density at radius 1 is 0.960 bits per heavy atom. The first-order valence-electron chi connectivity index (χ1n) is 7.12. The largest absolute Gasteiger partial charge is 0.398 e. The molecule has 0 aliphatic carbocycles. The summed E-state index contributed by atoms with van der Waals surface area (Å²) in [6.07, 6.45) is 1.52. The fraction of sp³-hybridized carbons (Fsp3) is 0. The van der Waals surface area contributed by atoms with Gasteiger partial charge in [-0.15, -0.1) is 0 Å². The highest BCUT2D eigenvalue weighted by atomic mass is 35.5. The van der Waals surface area contributed by atoms with Crippen molar-refractivity contribution in [3.8, 4) is 22.3 Å². The van der Waals surface area contributed by atoms with E-state index in [9.17, 15) is 10.1 Å². The molecule has 4 N–H and O–H groups in total. The van der Waals surface area contributed by atoms with Crippen LogP contribution in [0.2, 0.25) is 10.0 Å². The van der Waals surface area contributed by atoms with Crippen molar-refractivity contribution in [2.75, 3.05) is 11.5 Å². The number of benzene rings is 2. The zero-order chi connectivity index (χ0) is 18.1. The van der Waals surface area contributed by atoms with Gasteiger partial charge in [-0.2, -0.15) is 0 Å². The average Bonchev–Trinajstić information content (AvgIpc) is 2.57. The zero-order valence-electron chi connectivity index (χ0n) is 12.7. The highest BCUT2D eigenvalue weighted by Crippen LogP contribution is 2.41. The Morgan fingerprint density at radius 2 is 1.72 bits per heavy atom. The van der Waals surface area contributed by atoms with Gasteiger partial charge in [0.2, 0.25) is 0 Å². The molecule has 3 aromatic rings. The Morgan fingerprint density at radius 3 is 2.40 bits per heavy atom. The molecule has 0 saturated heterocycles. The van der Waals surface area contributed by atoms with Gasteiger partial charge in [0.25, 0.3) is 5.69 Å². The van der Waals surface area contributed by atoms with Crippen LogP contribution in [0.3, 0.4) is 0 Å². The number of pyridine rings is 1. The molecule has 0 radical (unpaired) electrons. The smallest absolute Gasteiger partial charge is 0.270 e. The molecule has 0 aliphatic rings. The summed E-state index contributed by atoms with van der Waals surface area (Å²) in [5.74, 6) is 0.283. The van der Waals surface area contributed by atoms with E-state index in [4.69, 9.17) is 34.7 Å². The van der Waals surface area contributed by atoms with Crippen LogP contribution in [0.4, 0.5) is 17.2 Å². The number of hydrogen-bond donors (Lipinski definition) is 2. The minimum absolute atomic E-state index is 0.0724. The number of aromatic nitrogens is 1. The van der Waals surface area contributed by atoms with E-state index in [0.717, 1.165) is 0 Å². The Bertz CT molecular complexity index is 992. The van der Waals surface area contributed by atoms with Gasteiger partial charge in [0, 0.05) is 41.2 Å². The molecule has 0 amide bonds. The lowest BCUT2D eigenvalue weighted by Crippen LogP contribution is -1.98. The van der Waals surface area contributed by atoms with Gasteiger partial charge < -0.3 is 11.5 Å². The third-order valence-corrected chi connectivity index (χ3v) is 4.52. The van der Waals surface area contributed by atoms with Gasteiger partial charge in [-0.25, -0.2) is 4.98 Å². The van der Waals surface area contributed by atoms with E-state index in [1.807, 2.05) is 0 Å². The van der Waals surface area contributed by atoms with Crippen molar-refractivity contribution in [2.24, 2.45) is 0 Å². The molecule has 25 heavy (non-hydrogen) atoms. The van der Waals surface area contributed by atoms with Crippen molar-refractivity contribution < 1.29 is 4.92 Å². The number of anilines is 2. The lowest BCUT2D eigenvalue weighted by atomic mass is 9.94. The van der Waals surface area contributed by atoms with E-state index < -0.39 is 4.92 Å². The van der Waals surface area contributed by atoms with Crippen LogP contribution in [0.25, 0.3) is 22.3 Å². The monoisotopic (exact) mass is 374 g/mol. The summed E-state index contributed by atoms with van der Waals surface area (Å²) in [5, 5.41) is 11.8. The average molecular weight is 375 g/mol. The van der Waals surface area contributed by atoms with Crippen LogP contribution in [0.5, 0.6) is 0 Å². The summed E-state index contributed by atoms with van der Waals surface area (Å²) in [6, 6.07) is 11.1. The van der Waals surface area contributed by atoms with Crippen molar-refractivity contribution in [3.05, 3.63) is 68.8 Å². The molecule has 0 saturated carbocycles. The number of nitrogens with two attached hydrogens (primary N) is 2.